The van der Waals surface area contributed by atoms with Crippen LogP contribution in [0.5, 0.6) is 0 Å². The zero-order valence-corrected chi connectivity index (χ0v) is 17.3. The van der Waals surface area contributed by atoms with Crippen molar-refractivity contribution in [1.29, 1.82) is 0 Å². The van der Waals surface area contributed by atoms with Crippen LogP contribution in [0.3, 0.4) is 0 Å². The Kier molecular flexibility index (Phi) is 4.74. The van der Waals surface area contributed by atoms with Crippen LogP contribution in [0.2, 0.25) is 5.02 Å². The van der Waals surface area contributed by atoms with E-state index < -0.39 is 0 Å². The minimum absolute atomic E-state index is 0.188. The molecular weight excluding hydrogens is 412 g/mol. The Morgan fingerprint density at radius 2 is 2.21 bits per heavy atom. The molecule has 0 saturated carbocycles. The Labute approximate surface area is 175 Å². The van der Waals surface area contributed by atoms with E-state index in [0.717, 1.165) is 45.3 Å². The molecule has 0 bridgehead atoms. The molecule has 3 heterocycles. The van der Waals surface area contributed by atoms with E-state index >= 15 is 0 Å². The maximum Gasteiger partial charge on any atom is 0.227 e. The van der Waals surface area contributed by atoms with E-state index in [4.69, 9.17) is 21.7 Å². The number of allylic oxidation sites excluding steroid dienone is 2. The lowest BCUT2D eigenvalue weighted by Gasteiger charge is -2.31. The first-order chi connectivity index (χ1) is 13.7. The second-order valence-electron chi connectivity index (χ2n) is 6.79. The van der Waals surface area contributed by atoms with Crippen LogP contribution in [0.15, 0.2) is 58.2 Å². The van der Waals surface area contributed by atoms with Crippen molar-refractivity contribution >= 4 is 46.4 Å². The first-order valence-corrected chi connectivity index (χ1v) is 11.3. The van der Waals surface area contributed by atoms with Crippen molar-refractivity contribution < 1.29 is 4.79 Å². The first-order valence-electron chi connectivity index (χ1n) is 9.09. The van der Waals surface area contributed by atoms with Crippen LogP contribution in [0.1, 0.15) is 35.7 Å². The zero-order chi connectivity index (χ0) is 19.1. The number of halogens is 1. The third kappa shape index (κ3) is 3.27. The molecule has 5 rings (SSSR count). The Morgan fingerprint density at radius 3 is 3.04 bits per heavy atom. The minimum atomic E-state index is -0.188. The summed E-state index contributed by atoms with van der Waals surface area (Å²) in [5.41, 5.74) is 2.97. The van der Waals surface area contributed by atoms with Gasteiger partial charge in [-0.25, -0.2) is 4.68 Å². The van der Waals surface area contributed by atoms with Crippen molar-refractivity contribution in [2.45, 2.75) is 36.2 Å². The molecule has 1 N–H and O–H groups in total. The molecule has 1 atom stereocenters. The van der Waals surface area contributed by atoms with Gasteiger partial charge in [-0.2, -0.15) is 4.98 Å². The number of hydrogen-bond acceptors (Lipinski definition) is 6. The van der Waals surface area contributed by atoms with E-state index in [2.05, 4.69) is 11.4 Å². The number of nitrogens with zero attached hydrogens (tertiary/aromatic N) is 3. The molecule has 0 fully saturated rings. The van der Waals surface area contributed by atoms with Gasteiger partial charge in [-0.1, -0.05) is 41.6 Å². The van der Waals surface area contributed by atoms with Gasteiger partial charge in [0.1, 0.15) is 6.04 Å². The molecule has 0 spiro atoms. The summed E-state index contributed by atoms with van der Waals surface area (Å²) in [5, 5.41) is 11.6. The standard InChI is InChI=1S/C20H17ClN4OS2/c21-13-5-1-4-12(10-13)11-28-20-23-19-22-14-6-2-7-15(26)17(14)18(25(19)24-20)16-8-3-9-27-16/h1,3-5,8-10,18H,2,6-7,11H2,(H,22,23,24)/t18-/m0/s1. The van der Waals surface area contributed by atoms with Crippen LogP contribution >= 0.6 is 34.7 Å². The van der Waals surface area contributed by atoms with Crippen LogP contribution in [0, 0.1) is 0 Å². The second kappa shape index (κ2) is 7.39. The fraction of sp³-hybridized carbons (Fsp3) is 0.250. The lowest BCUT2D eigenvalue weighted by atomic mass is 9.88. The van der Waals surface area contributed by atoms with Gasteiger partial charge in [0.15, 0.2) is 5.78 Å². The summed E-state index contributed by atoms with van der Waals surface area (Å²) in [6.45, 7) is 0. The van der Waals surface area contributed by atoms with E-state index in [1.54, 1.807) is 23.1 Å². The molecule has 28 heavy (non-hydrogen) atoms. The molecule has 3 aromatic rings. The Morgan fingerprint density at radius 1 is 1.29 bits per heavy atom. The monoisotopic (exact) mass is 428 g/mol. The maximum absolute atomic E-state index is 12.7. The summed E-state index contributed by atoms with van der Waals surface area (Å²) < 4.78 is 1.87. The molecule has 5 nitrogen and oxygen atoms in total. The summed E-state index contributed by atoms with van der Waals surface area (Å²) in [6, 6.07) is 11.7. The molecule has 0 radical (unpaired) electrons. The predicted octanol–water partition coefficient (Wildman–Crippen LogP) is 5.31. The van der Waals surface area contributed by atoms with Crippen molar-refractivity contribution in [2.75, 3.05) is 5.32 Å². The molecule has 2 aromatic heterocycles. The quantitative estimate of drug-likeness (QED) is 0.571. The third-order valence-corrected chi connectivity index (χ3v) is 6.99. The number of fused-ring (bicyclic) bond motifs is 1. The zero-order valence-electron chi connectivity index (χ0n) is 14.9. The molecule has 0 amide bonds. The molecule has 142 valence electrons. The summed E-state index contributed by atoms with van der Waals surface area (Å²) in [5.74, 6) is 1.65. The molecule has 1 aliphatic carbocycles. The predicted molar refractivity (Wildman–Crippen MR) is 113 cm³/mol. The number of hydrogen-bond donors (Lipinski definition) is 1. The van der Waals surface area contributed by atoms with Gasteiger partial charge in [-0.15, -0.1) is 16.4 Å². The number of thioether (sulfide) groups is 1. The highest BCUT2D eigenvalue weighted by atomic mass is 35.5. The topological polar surface area (TPSA) is 59.8 Å². The van der Waals surface area contributed by atoms with Crippen molar-refractivity contribution in [1.82, 2.24) is 14.8 Å². The summed E-state index contributed by atoms with van der Waals surface area (Å²) >= 11 is 9.29. The highest BCUT2D eigenvalue weighted by Gasteiger charge is 2.37. The smallest absolute Gasteiger partial charge is 0.227 e. The molecule has 1 aliphatic heterocycles. The van der Waals surface area contributed by atoms with Gasteiger partial charge in [0.2, 0.25) is 11.1 Å². The van der Waals surface area contributed by atoms with Crippen molar-refractivity contribution in [3.05, 3.63) is 68.5 Å². The number of aromatic nitrogens is 3. The lowest BCUT2D eigenvalue weighted by Crippen LogP contribution is -2.31. The van der Waals surface area contributed by atoms with Crippen molar-refractivity contribution in [3.63, 3.8) is 0 Å². The number of carbonyl (C=O) groups excluding carboxylic acids is 1. The fourth-order valence-electron chi connectivity index (χ4n) is 3.68. The SMILES string of the molecule is O=C1CCCC2=C1[C@H](c1cccs1)n1nc(SCc3cccc(Cl)c3)nc1N2. The maximum atomic E-state index is 12.7. The first kappa shape index (κ1) is 18.0. The molecular formula is C20H17ClN4OS2. The van der Waals surface area contributed by atoms with Crippen LogP contribution in [-0.4, -0.2) is 20.5 Å². The van der Waals surface area contributed by atoms with Gasteiger partial charge in [0.25, 0.3) is 0 Å². The summed E-state index contributed by atoms with van der Waals surface area (Å²) in [6.07, 6.45) is 2.36. The second-order valence-corrected chi connectivity index (χ2v) is 9.15. The van der Waals surface area contributed by atoms with Crippen molar-refractivity contribution in [2.24, 2.45) is 0 Å². The lowest BCUT2D eigenvalue weighted by molar-refractivity contribution is -0.116. The van der Waals surface area contributed by atoms with Crippen LogP contribution in [0.4, 0.5) is 5.95 Å². The summed E-state index contributed by atoms with van der Waals surface area (Å²) in [7, 11) is 0. The van der Waals surface area contributed by atoms with Gasteiger partial charge >= 0.3 is 0 Å². The van der Waals surface area contributed by atoms with Gasteiger partial charge < -0.3 is 5.32 Å². The van der Waals surface area contributed by atoms with Crippen molar-refractivity contribution in [3.8, 4) is 0 Å². The average Bonchev–Trinajstić information content (AvgIpc) is 3.34. The summed E-state index contributed by atoms with van der Waals surface area (Å²) in [4.78, 5) is 18.5. The number of rotatable bonds is 4. The fourth-order valence-corrected chi connectivity index (χ4v) is 5.49. The molecule has 8 heteroatoms. The molecule has 1 aromatic carbocycles. The average molecular weight is 429 g/mol. The third-order valence-electron chi connectivity index (χ3n) is 4.92. The van der Waals surface area contributed by atoms with E-state index in [0.29, 0.717) is 17.5 Å². The highest BCUT2D eigenvalue weighted by Crippen LogP contribution is 2.41. The van der Waals surface area contributed by atoms with E-state index in [-0.39, 0.29) is 11.8 Å². The highest BCUT2D eigenvalue weighted by molar-refractivity contribution is 7.98. The minimum Gasteiger partial charge on any atom is -0.328 e. The number of nitrogens with one attached hydrogen (secondary N) is 1. The number of ketones is 1. The van der Waals surface area contributed by atoms with Gasteiger partial charge in [-0.3, -0.25) is 4.79 Å². The van der Waals surface area contributed by atoms with Gasteiger partial charge in [-0.05, 0) is 42.0 Å². The molecule has 0 unspecified atom stereocenters. The van der Waals surface area contributed by atoms with E-state index in [9.17, 15) is 4.79 Å². The molecule has 0 saturated heterocycles. The van der Waals surface area contributed by atoms with E-state index in [1.807, 2.05) is 40.4 Å². The Hall–Kier alpha value is -2.09. The number of benzene rings is 1. The van der Waals surface area contributed by atoms with E-state index in [1.165, 1.54) is 0 Å². The van der Waals surface area contributed by atoms with Crippen LogP contribution in [0.25, 0.3) is 0 Å². The number of thiophene rings is 1. The van der Waals surface area contributed by atoms with Crippen LogP contribution in [-0.2, 0) is 10.5 Å². The van der Waals surface area contributed by atoms with Gasteiger partial charge in [0, 0.05) is 33.3 Å². The Balaban J connectivity index is 1.48. The largest absolute Gasteiger partial charge is 0.328 e. The van der Waals surface area contributed by atoms with Crippen LogP contribution < -0.4 is 5.32 Å². The Bertz CT molecular complexity index is 1070. The number of Topliss-reactive ketones (excluding diaryl/α,β-unsaturated/α-hetero) is 1. The number of anilines is 1. The number of carbonyl (C=O) groups is 1. The molecule has 2 aliphatic rings. The normalized spacial score (nSPS) is 18.6. The van der Waals surface area contributed by atoms with Gasteiger partial charge in [0.05, 0.1) is 0 Å².